The molecule has 7 rings (SSSR count). The third-order valence-electron chi connectivity index (χ3n) is 9.49. The van der Waals surface area contributed by atoms with E-state index in [1.54, 1.807) is 0 Å². The van der Waals surface area contributed by atoms with Crippen molar-refractivity contribution in [3.8, 4) is 26.3 Å². The van der Waals surface area contributed by atoms with E-state index in [2.05, 4.69) is 77.1 Å². The molecule has 0 radical (unpaired) electrons. The second-order valence-electron chi connectivity index (χ2n) is 13.2. The number of ether oxygens (including phenoxy) is 3. The summed E-state index contributed by atoms with van der Waals surface area (Å²) in [6.07, 6.45) is 13.4. The molecule has 0 bridgehead atoms. The molecule has 0 aliphatic carbocycles. The first-order valence-corrected chi connectivity index (χ1v) is 21.5. The Labute approximate surface area is 306 Å². The van der Waals surface area contributed by atoms with Crippen molar-refractivity contribution in [1.82, 2.24) is 0 Å². The van der Waals surface area contributed by atoms with Crippen LogP contribution >= 0.6 is 45.3 Å². The molecular weight excluding hydrogens is 681 g/mol. The number of hydrogen-bond acceptors (Lipinski definition) is 7. The highest BCUT2D eigenvalue weighted by atomic mass is 32.1. The van der Waals surface area contributed by atoms with Crippen LogP contribution in [0.4, 0.5) is 0 Å². The Hall–Kier alpha value is -2.84. The first-order valence-electron chi connectivity index (χ1n) is 18.3. The van der Waals surface area contributed by atoms with Crippen LogP contribution in [0.2, 0.25) is 0 Å². The van der Waals surface area contributed by atoms with Crippen molar-refractivity contribution < 1.29 is 14.2 Å². The maximum absolute atomic E-state index is 6.45. The Morgan fingerprint density at radius 1 is 0.510 bits per heavy atom. The molecule has 0 saturated heterocycles. The molecular formula is C42H48O3S4. The van der Waals surface area contributed by atoms with Crippen LogP contribution in [0.5, 0.6) is 16.6 Å². The molecule has 0 unspecified atom stereocenters. The van der Waals surface area contributed by atoms with Gasteiger partial charge in [0.05, 0.1) is 29.4 Å². The summed E-state index contributed by atoms with van der Waals surface area (Å²) in [5.74, 6) is 1.91. The fourth-order valence-electron chi connectivity index (χ4n) is 7.13. The lowest BCUT2D eigenvalue weighted by molar-refractivity contribution is 0.313. The smallest absolute Gasteiger partial charge is 0.175 e. The van der Waals surface area contributed by atoms with Gasteiger partial charge in [0.15, 0.2) is 5.06 Å². The molecule has 3 aromatic carbocycles. The standard InChI is InChI=1S/C42H48O3S4/c1-6-9-10-11-12-13-14-15-16-17-18-45-38-25-34-41(49-38)27(5)47-42(34)37-22-29-21-31-33(24-36(29)48-37)39(43-7-2)30-20-28-19-26(4)46-35(28)23-32(30)40(31)44-8-3/h19-25H,6-18H2,1-5H3. The van der Waals surface area contributed by atoms with Gasteiger partial charge in [0, 0.05) is 57.0 Å². The summed E-state index contributed by atoms with van der Waals surface area (Å²) in [5, 5.41) is 9.37. The molecule has 7 heteroatoms. The largest absolute Gasteiger partial charge is 0.493 e. The first kappa shape index (κ1) is 34.6. The van der Waals surface area contributed by atoms with Gasteiger partial charge in [-0.25, -0.2) is 0 Å². The summed E-state index contributed by atoms with van der Waals surface area (Å²) in [6, 6.07) is 16.2. The molecule has 0 aliphatic rings. The molecule has 0 N–H and O–H groups in total. The Morgan fingerprint density at radius 2 is 1.08 bits per heavy atom. The van der Waals surface area contributed by atoms with Crippen molar-refractivity contribution >= 4 is 97.2 Å². The summed E-state index contributed by atoms with van der Waals surface area (Å²) in [4.78, 5) is 5.34. The topological polar surface area (TPSA) is 27.7 Å². The first-order chi connectivity index (χ1) is 24.0. The van der Waals surface area contributed by atoms with E-state index < -0.39 is 0 Å². The average molecular weight is 729 g/mol. The molecule has 0 atom stereocenters. The van der Waals surface area contributed by atoms with Gasteiger partial charge in [0.25, 0.3) is 0 Å². The zero-order chi connectivity index (χ0) is 33.9. The molecule has 0 spiro atoms. The number of rotatable bonds is 17. The Balaban J connectivity index is 1.15. The van der Waals surface area contributed by atoms with E-state index in [0.717, 1.165) is 51.1 Å². The molecule has 49 heavy (non-hydrogen) atoms. The van der Waals surface area contributed by atoms with Crippen LogP contribution in [0, 0.1) is 13.8 Å². The lowest BCUT2D eigenvalue weighted by atomic mass is 9.98. The highest BCUT2D eigenvalue weighted by Crippen LogP contribution is 2.51. The second-order valence-corrected chi connectivity index (χ2v) is 17.8. The Bertz CT molecular complexity index is 2110. The SMILES string of the molecule is CCCCCCCCCCCCOc1cc2c(-c3cc4cc5c(OCC)c6cc7sc(C)cc7cc6c(OCC)c5cc4s3)sc(C)c2s1. The molecule has 0 amide bonds. The number of fused-ring (bicyclic) bond motifs is 5. The average Bonchev–Trinajstić information content (AvgIpc) is 3.86. The van der Waals surface area contributed by atoms with E-state index in [9.17, 15) is 0 Å². The number of hydrogen-bond donors (Lipinski definition) is 0. The zero-order valence-corrected chi connectivity index (χ0v) is 32.9. The van der Waals surface area contributed by atoms with E-state index in [-0.39, 0.29) is 0 Å². The summed E-state index contributed by atoms with van der Waals surface area (Å²) in [7, 11) is 0. The van der Waals surface area contributed by atoms with Crippen molar-refractivity contribution in [1.29, 1.82) is 0 Å². The molecule has 258 valence electrons. The highest BCUT2D eigenvalue weighted by molar-refractivity contribution is 7.30. The second kappa shape index (κ2) is 15.6. The van der Waals surface area contributed by atoms with Gasteiger partial charge in [0.1, 0.15) is 11.5 Å². The normalized spacial score (nSPS) is 12.0. The van der Waals surface area contributed by atoms with Crippen molar-refractivity contribution in [3.05, 3.63) is 52.2 Å². The molecule has 0 saturated carbocycles. The quantitative estimate of drug-likeness (QED) is 0.0690. The number of aryl methyl sites for hydroxylation is 2. The van der Waals surface area contributed by atoms with E-state index in [1.807, 2.05) is 45.3 Å². The van der Waals surface area contributed by atoms with Crippen LogP contribution < -0.4 is 14.2 Å². The Morgan fingerprint density at radius 3 is 1.71 bits per heavy atom. The van der Waals surface area contributed by atoms with Crippen LogP contribution in [0.25, 0.3) is 61.6 Å². The van der Waals surface area contributed by atoms with Crippen LogP contribution in [0.15, 0.2) is 42.5 Å². The van der Waals surface area contributed by atoms with Gasteiger partial charge in [-0.15, -0.1) is 34.0 Å². The van der Waals surface area contributed by atoms with Crippen LogP contribution in [0.1, 0.15) is 94.7 Å². The van der Waals surface area contributed by atoms with E-state index in [0.29, 0.717) is 13.2 Å². The Kier molecular flexibility index (Phi) is 11.0. The number of unbranched alkanes of at least 4 members (excludes halogenated alkanes) is 9. The van der Waals surface area contributed by atoms with E-state index in [4.69, 9.17) is 14.2 Å². The van der Waals surface area contributed by atoms with Gasteiger partial charge < -0.3 is 14.2 Å². The minimum atomic E-state index is 0.612. The summed E-state index contributed by atoms with van der Waals surface area (Å²) in [6.45, 7) is 12.9. The van der Waals surface area contributed by atoms with Crippen molar-refractivity contribution in [3.63, 3.8) is 0 Å². The number of thiophene rings is 4. The minimum Gasteiger partial charge on any atom is -0.493 e. The van der Waals surface area contributed by atoms with Crippen molar-refractivity contribution in [2.45, 2.75) is 98.8 Å². The molecule has 0 aliphatic heterocycles. The molecule has 7 aromatic rings. The maximum atomic E-state index is 6.45. The van der Waals surface area contributed by atoms with Gasteiger partial charge in [0.2, 0.25) is 0 Å². The lowest BCUT2D eigenvalue weighted by Crippen LogP contribution is -1.98. The summed E-state index contributed by atoms with van der Waals surface area (Å²) < 4.78 is 23.1. The lowest BCUT2D eigenvalue weighted by Gasteiger charge is -2.17. The third kappa shape index (κ3) is 7.19. The summed E-state index contributed by atoms with van der Waals surface area (Å²) >= 11 is 7.43. The van der Waals surface area contributed by atoms with Gasteiger partial charge in [-0.3, -0.25) is 0 Å². The molecule has 3 nitrogen and oxygen atoms in total. The van der Waals surface area contributed by atoms with Gasteiger partial charge in [-0.2, -0.15) is 0 Å². The van der Waals surface area contributed by atoms with Crippen LogP contribution in [0.3, 0.4) is 0 Å². The minimum absolute atomic E-state index is 0.612. The molecule has 4 aromatic heterocycles. The summed E-state index contributed by atoms with van der Waals surface area (Å²) in [5.41, 5.74) is 0. The monoisotopic (exact) mass is 728 g/mol. The van der Waals surface area contributed by atoms with Crippen molar-refractivity contribution in [2.75, 3.05) is 19.8 Å². The predicted octanol–water partition coefficient (Wildman–Crippen LogP) is 15.1. The maximum Gasteiger partial charge on any atom is 0.175 e. The van der Waals surface area contributed by atoms with Gasteiger partial charge in [-0.1, -0.05) is 76.0 Å². The van der Waals surface area contributed by atoms with Crippen molar-refractivity contribution in [2.24, 2.45) is 0 Å². The third-order valence-corrected chi connectivity index (χ3v) is 14.2. The highest BCUT2D eigenvalue weighted by Gasteiger charge is 2.21. The van der Waals surface area contributed by atoms with E-state index >= 15 is 0 Å². The fourth-order valence-corrected chi connectivity index (χ4v) is 11.6. The molecule has 4 heterocycles. The van der Waals surface area contributed by atoms with Crippen LogP contribution in [-0.2, 0) is 0 Å². The zero-order valence-electron chi connectivity index (χ0n) is 29.6. The predicted molar refractivity (Wildman–Crippen MR) is 220 cm³/mol. The van der Waals surface area contributed by atoms with E-state index in [1.165, 1.54) is 108 Å². The van der Waals surface area contributed by atoms with Crippen LogP contribution in [-0.4, -0.2) is 19.8 Å². The molecule has 0 fully saturated rings. The van der Waals surface area contributed by atoms with Gasteiger partial charge >= 0.3 is 0 Å². The fraction of sp³-hybridized carbons (Fsp3) is 0.429. The van der Waals surface area contributed by atoms with Gasteiger partial charge in [-0.05, 0) is 81.3 Å². The number of benzene rings is 3.